The number of esters is 1. The highest BCUT2D eigenvalue weighted by Crippen LogP contribution is 2.45. The Kier molecular flexibility index (Phi) is 6.58. The fourth-order valence-electron chi connectivity index (χ4n) is 4.47. The predicted molar refractivity (Wildman–Crippen MR) is 123 cm³/mol. The Balaban J connectivity index is 1.85. The first-order valence-electron chi connectivity index (χ1n) is 10.4. The van der Waals surface area contributed by atoms with Crippen molar-refractivity contribution in [1.29, 1.82) is 0 Å². The maximum atomic E-state index is 13.8. The number of carbonyl (C=O) groups excluding carboxylic acids is 2. The van der Waals surface area contributed by atoms with Crippen LogP contribution in [0.25, 0.3) is 0 Å². The minimum Gasteiger partial charge on any atom is -0.497 e. The molecule has 0 aliphatic carbocycles. The monoisotopic (exact) mass is 449 g/mol. The molecule has 0 unspecified atom stereocenters. The van der Waals surface area contributed by atoms with Gasteiger partial charge in [-0.1, -0.05) is 66.2 Å². The molecule has 3 aromatic carbocycles. The normalized spacial score (nSPS) is 22.3. The molecule has 1 N–H and O–H groups in total. The zero-order valence-electron chi connectivity index (χ0n) is 17.8. The van der Waals surface area contributed by atoms with Crippen LogP contribution in [0.3, 0.4) is 0 Å². The number of hydrogen-bond donors (Lipinski definition) is 1. The largest absolute Gasteiger partial charge is 0.497 e. The number of halogens is 1. The summed E-state index contributed by atoms with van der Waals surface area (Å²) in [5.41, 5.74) is 2.34. The molecule has 0 saturated carbocycles. The average molecular weight is 450 g/mol. The van der Waals surface area contributed by atoms with E-state index in [9.17, 15) is 9.59 Å². The van der Waals surface area contributed by atoms with Gasteiger partial charge >= 0.3 is 5.97 Å². The molecular weight excluding hydrogens is 426 g/mol. The summed E-state index contributed by atoms with van der Waals surface area (Å²) in [7, 11) is 2.96. The molecule has 0 amide bonds. The average Bonchev–Trinajstić information content (AvgIpc) is 3.24. The summed E-state index contributed by atoms with van der Waals surface area (Å²) in [6.45, 7) is 0. The molecule has 0 bridgehead atoms. The maximum absolute atomic E-state index is 13.8. The van der Waals surface area contributed by atoms with Gasteiger partial charge in [-0.15, -0.1) is 0 Å². The highest BCUT2D eigenvalue weighted by Gasteiger charge is 2.51. The Labute approximate surface area is 192 Å². The summed E-state index contributed by atoms with van der Waals surface area (Å²) < 4.78 is 10.4. The first-order valence-corrected chi connectivity index (χ1v) is 10.7. The van der Waals surface area contributed by atoms with Gasteiger partial charge in [-0.3, -0.25) is 14.9 Å². The van der Waals surface area contributed by atoms with Gasteiger partial charge in [0.25, 0.3) is 0 Å². The quantitative estimate of drug-likeness (QED) is 0.432. The predicted octanol–water partition coefficient (Wildman–Crippen LogP) is 4.82. The van der Waals surface area contributed by atoms with E-state index in [1.165, 1.54) is 7.11 Å². The van der Waals surface area contributed by atoms with Crippen LogP contribution in [0.4, 0.5) is 0 Å². The third-order valence-corrected chi connectivity index (χ3v) is 6.26. The number of hydrogen-bond acceptors (Lipinski definition) is 5. The van der Waals surface area contributed by atoms with Gasteiger partial charge in [0.15, 0.2) is 5.78 Å². The summed E-state index contributed by atoms with van der Waals surface area (Å²) in [4.78, 5) is 26.6. The lowest BCUT2D eigenvalue weighted by Crippen LogP contribution is -2.36. The summed E-state index contributed by atoms with van der Waals surface area (Å²) in [6.07, 6.45) is 0. The molecule has 1 heterocycles. The van der Waals surface area contributed by atoms with Crippen molar-refractivity contribution < 1.29 is 19.1 Å². The molecular formula is C26H24ClNO4. The van der Waals surface area contributed by atoms with Gasteiger partial charge in [0.2, 0.25) is 0 Å². The first-order chi connectivity index (χ1) is 15.5. The minimum absolute atomic E-state index is 0.0368. The van der Waals surface area contributed by atoms with E-state index >= 15 is 0 Å². The van der Waals surface area contributed by atoms with Gasteiger partial charge in [-0.2, -0.15) is 0 Å². The molecule has 1 fully saturated rings. The van der Waals surface area contributed by atoms with E-state index in [1.54, 1.807) is 31.4 Å². The van der Waals surface area contributed by atoms with Gasteiger partial charge in [0.1, 0.15) is 11.8 Å². The van der Waals surface area contributed by atoms with Crippen molar-refractivity contribution >= 4 is 23.4 Å². The van der Waals surface area contributed by atoms with Crippen LogP contribution in [0.1, 0.15) is 33.4 Å². The molecule has 4 atom stereocenters. The summed E-state index contributed by atoms with van der Waals surface area (Å²) in [5.74, 6) is -0.703. The third-order valence-electron chi connectivity index (χ3n) is 6.01. The topological polar surface area (TPSA) is 64.6 Å². The van der Waals surface area contributed by atoms with Crippen LogP contribution in [-0.4, -0.2) is 32.0 Å². The number of carbonyl (C=O) groups is 2. The Morgan fingerprint density at radius 1 is 0.844 bits per heavy atom. The van der Waals surface area contributed by atoms with Crippen LogP contribution in [0.15, 0.2) is 78.9 Å². The van der Waals surface area contributed by atoms with Crippen molar-refractivity contribution in [2.24, 2.45) is 5.92 Å². The molecule has 5 nitrogen and oxygen atoms in total. The van der Waals surface area contributed by atoms with E-state index in [4.69, 9.17) is 21.1 Å². The standard InChI is InChI=1S/C26H24ClNO4/c1-31-20-14-10-16(11-15-20)21-22(25(29)18-6-4-3-5-7-18)23(28-24(21)26(30)32-2)17-8-12-19(27)13-9-17/h3-15,21-24,28H,1-2H3/t21-,22-,23-,24-/m0/s1. The number of nitrogens with one attached hydrogen (secondary N) is 1. The van der Waals surface area contributed by atoms with E-state index < -0.39 is 29.9 Å². The number of ketones is 1. The Morgan fingerprint density at radius 3 is 2.06 bits per heavy atom. The molecule has 1 aliphatic rings. The Morgan fingerprint density at radius 2 is 1.47 bits per heavy atom. The van der Waals surface area contributed by atoms with Crippen LogP contribution in [0.2, 0.25) is 5.02 Å². The van der Waals surface area contributed by atoms with Crippen LogP contribution in [0.5, 0.6) is 5.75 Å². The Bertz CT molecular complexity index is 1080. The first kappa shape index (κ1) is 22.1. The van der Waals surface area contributed by atoms with Crippen molar-refractivity contribution in [2.45, 2.75) is 18.0 Å². The fraction of sp³-hybridized carbons (Fsp3) is 0.231. The smallest absolute Gasteiger partial charge is 0.323 e. The summed E-state index contributed by atoms with van der Waals surface area (Å²) in [5, 5.41) is 3.99. The van der Waals surface area contributed by atoms with Gasteiger partial charge in [0.05, 0.1) is 20.1 Å². The van der Waals surface area contributed by atoms with Crippen LogP contribution in [0, 0.1) is 5.92 Å². The number of ether oxygens (including phenoxy) is 2. The zero-order valence-corrected chi connectivity index (χ0v) is 18.6. The Hall–Kier alpha value is -3.15. The van der Waals surface area contributed by atoms with Crippen molar-refractivity contribution in [1.82, 2.24) is 5.32 Å². The van der Waals surface area contributed by atoms with Crippen molar-refractivity contribution in [3.8, 4) is 5.75 Å². The lowest BCUT2D eigenvalue weighted by atomic mass is 9.76. The van der Waals surface area contributed by atoms with Gasteiger partial charge in [0, 0.05) is 22.5 Å². The molecule has 3 aromatic rings. The zero-order chi connectivity index (χ0) is 22.7. The molecule has 6 heteroatoms. The number of benzene rings is 3. The van der Waals surface area contributed by atoms with Gasteiger partial charge in [-0.05, 0) is 35.4 Å². The second-order valence-corrected chi connectivity index (χ2v) is 8.19. The second kappa shape index (κ2) is 9.55. The molecule has 0 spiro atoms. The van der Waals surface area contributed by atoms with E-state index in [0.717, 1.165) is 11.1 Å². The highest BCUT2D eigenvalue weighted by molar-refractivity contribution is 6.30. The van der Waals surface area contributed by atoms with Crippen LogP contribution in [-0.2, 0) is 9.53 Å². The van der Waals surface area contributed by atoms with Crippen molar-refractivity contribution in [2.75, 3.05) is 14.2 Å². The van der Waals surface area contributed by atoms with Crippen LogP contribution < -0.4 is 10.1 Å². The lowest BCUT2D eigenvalue weighted by Gasteiger charge is -2.25. The summed E-state index contributed by atoms with van der Waals surface area (Å²) in [6, 6.07) is 22.9. The molecule has 4 rings (SSSR count). The van der Waals surface area contributed by atoms with E-state index in [2.05, 4.69) is 5.32 Å². The summed E-state index contributed by atoms with van der Waals surface area (Å²) >= 11 is 6.09. The molecule has 1 aliphatic heterocycles. The number of methoxy groups -OCH3 is 2. The van der Waals surface area contributed by atoms with Crippen LogP contribution >= 0.6 is 11.6 Å². The maximum Gasteiger partial charge on any atom is 0.323 e. The number of rotatable bonds is 6. The van der Waals surface area contributed by atoms with E-state index in [1.807, 2.05) is 54.6 Å². The van der Waals surface area contributed by atoms with Gasteiger partial charge in [-0.25, -0.2) is 0 Å². The molecule has 0 aromatic heterocycles. The fourth-order valence-corrected chi connectivity index (χ4v) is 4.59. The number of Topliss-reactive ketones (excluding diaryl/α,β-unsaturated/α-hetero) is 1. The molecule has 32 heavy (non-hydrogen) atoms. The highest BCUT2D eigenvalue weighted by atomic mass is 35.5. The SMILES string of the molecule is COC(=O)[C@H]1N[C@@H](c2ccc(Cl)cc2)[C@@H](C(=O)c2ccccc2)[C@@H]1c1ccc(OC)cc1. The van der Waals surface area contributed by atoms with Crippen molar-refractivity contribution in [3.63, 3.8) is 0 Å². The van der Waals surface area contributed by atoms with Gasteiger partial charge < -0.3 is 9.47 Å². The van der Waals surface area contributed by atoms with E-state index in [-0.39, 0.29) is 5.78 Å². The molecule has 1 saturated heterocycles. The second-order valence-electron chi connectivity index (χ2n) is 7.75. The lowest BCUT2D eigenvalue weighted by molar-refractivity contribution is -0.143. The molecule has 0 radical (unpaired) electrons. The molecule has 164 valence electrons. The minimum atomic E-state index is -0.688. The van der Waals surface area contributed by atoms with E-state index in [0.29, 0.717) is 16.3 Å². The van der Waals surface area contributed by atoms with Crippen molar-refractivity contribution in [3.05, 3.63) is 101 Å². The third kappa shape index (κ3) is 4.27.